The quantitative estimate of drug-likeness (QED) is 0.247. The average molecular weight is 551 g/mol. The fraction of sp³-hybridized carbons (Fsp3) is 0.212. The zero-order valence-corrected chi connectivity index (χ0v) is 23.0. The number of nitrogens with zero attached hydrogens (tertiary/aromatic N) is 2. The van der Waals surface area contributed by atoms with Crippen molar-refractivity contribution in [2.75, 3.05) is 48.8 Å². The van der Waals surface area contributed by atoms with E-state index in [1.165, 1.54) is 6.07 Å². The first kappa shape index (κ1) is 27.7. The van der Waals surface area contributed by atoms with E-state index >= 15 is 0 Å². The van der Waals surface area contributed by atoms with Crippen LogP contribution in [0.25, 0.3) is 0 Å². The highest BCUT2D eigenvalue weighted by Crippen LogP contribution is 2.32. The summed E-state index contributed by atoms with van der Waals surface area (Å²) in [6, 6.07) is 28.8. The summed E-state index contributed by atoms with van der Waals surface area (Å²) in [6.07, 6.45) is 1.09. The Morgan fingerprint density at radius 2 is 1.44 bits per heavy atom. The highest BCUT2D eigenvalue weighted by molar-refractivity contribution is 6.11. The zero-order chi connectivity index (χ0) is 28.6. The molecule has 5 rings (SSSR count). The summed E-state index contributed by atoms with van der Waals surface area (Å²) >= 11 is 0. The third-order valence-electron chi connectivity index (χ3n) is 7.11. The van der Waals surface area contributed by atoms with Gasteiger partial charge in [-0.2, -0.15) is 0 Å². The molecule has 4 aromatic carbocycles. The molecular weight excluding hydrogens is 516 g/mol. The second-order valence-corrected chi connectivity index (χ2v) is 10.1. The molecule has 1 saturated heterocycles. The van der Waals surface area contributed by atoms with Gasteiger partial charge in [0, 0.05) is 36.4 Å². The molecule has 41 heavy (non-hydrogen) atoms. The number of para-hydroxylation sites is 1. The third-order valence-corrected chi connectivity index (χ3v) is 7.11. The van der Waals surface area contributed by atoms with Crippen LogP contribution in [-0.4, -0.2) is 55.0 Å². The molecule has 0 spiro atoms. The fourth-order valence-corrected chi connectivity index (χ4v) is 4.73. The highest BCUT2D eigenvalue weighted by Gasteiger charge is 2.17. The molecule has 0 atom stereocenters. The van der Waals surface area contributed by atoms with Gasteiger partial charge >= 0.3 is 0 Å². The van der Waals surface area contributed by atoms with Gasteiger partial charge in [-0.3, -0.25) is 9.59 Å². The summed E-state index contributed by atoms with van der Waals surface area (Å²) in [4.78, 5) is 30.7. The summed E-state index contributed by atoms with van der Waals surface area (Å²) in [6.45, 7) is 4.41. The van der Waals surface area contributed by atoms with Crippen molar-refractivity contribution in [2.45, 2.75) is 13.0 Å². The molecule has 210 valence electrons. The largest absolute Gasteiger partial charge is 0.506 e. The normalized spacial score (nSPS) is 13.7. The number of hydrogen-bond acceptors (Lipinski definition) is 6. The Morgan fingerprint density at radius 1 is 0.756 bits per heavy atom. The Balaban J connectivity index is 1.22. The summed E-state index contributed by atoms with van der Waals surface area (Å²) < 4.78 is 5.80. The van der Waals surface area contributed by atoms with Crippen LogP contribution in [0.4, 0.5) is 17.1 Å². The molecule has 1 fully saturated rings. The molecule has 3 N–H and O–H groups in total. The molecule has 1 aliphatic heterocycles. The minimum Gasteiger partial charge on any atom is -0.506 e. The lowest BCUT2D eigenvalue weighted by atomic mass is 10.1. The molecule has 1 aliphatic rings. The van der Waals surface area contributed by atoms with Crippen molar-refractivity contribution in [3.8, 4) is 11.5 Å². The van der Waals surface area contributed by atoms with Gasteiger partial charge in [-0.25, -0.2) is 0 Å². The Bertz CT molecular complexity index is 1470. The minimum absolute atomic E-state index is 0.133. The molecule has 0 radical (unpaired) electrons. The molecule has 1 heterocycles. The molecule has 0 aromatic heterocycles. The van der Waals surface area contributed by atoms with Crippen molar-refractivity contribution < 1.29 is 19.4 Å². The Kier molecular flexibility index (Phi) is 8.81. The number of ether oxygens (including phenoxy) is 1. The van der Waals surface area contributed by atoms with E-state index < -0.39 is 0 Å². The van der Waals surface area contributed by atoms with E-state index in [4.69, 9.17) is 4.74 Å². The predicted octanol–water partition coefficient (Wildman–Crippen LogP) is 5.62. The first-order chi connectivity index (χ1) is 20.0. The summed E-state index contributed by atoms with van der Waals surface area (Å²) in [5, 5.41) is 16.1. The lowest BCUT2D eigenvalue weighted by Crippen LogP contribution is -2.28. The standard InChI is InChI=1S/C33H34N4O4/c1-36-19-6-20-37(22-21-36)27-15-11-25(12-16-27)33(40)35-31-29(9-5-10-30(31)38)34-32(39)26-13-17-28(18-14-26)41-23-24-7-3-2-4-8-24/h2-5,7-18,38H,6,19-23H2,1H3,(H,34,39)(H,35,40). The SMILES string of the molecule is CN1CCCN(c2ccc(C(=O)Nc3c(O)cccc3NC(=O)c3ccc(OCc4ccccc4)cc3)cc2)CC1. The topological polar surface area (TPSA) is 94.1 Å². The molecule has 8 heteroatoms. The van der Waals surface area contributed by atoms with Crippen molar-refractivity contribution in [2.24, 2.45) is 0 Å². The third kappa shape index (κ3) is 7.23. The van der Waals surface area contributed by atoms with E-state index in [-0.39, 0.29) is 28.9 Å². The van der Waals surface area contributed by atoms with Crippen LogP contribution in [0.1, 0.15) is 32.7 Å². The summed E-state index contributed by atoms with van der Waals surface area (Å²) in [7, 11) is 2.13. The number of likely N-dealkylation sites (N-methyl/N-ethyl adjacent to an activating group) is 1. The number of anilines is 3. The maximum absolute atomic E-state index is 13.1. The number of carbonyl (C=O) groups is 2. The van der Waals surface area contributed by atoms with E-state index in [1.54, 1.807) is 48.5 Å². The molecule has 2 amide bonds. The van der Waals surface area contributed by atoms with E-state index in [2.05, 4.69) is 27.5 Å². The Morgan fingerprint density at radius 3 is 2.17 bits per heavy atom. The van der Waals surface area contributed by atoms with E-state index in [9.17, 15) is 14.7 Å². The molecule has 0 bridgehead atoms. The van der Waals surface area contributed by atoms with Gasteiger partial charge in [0.25, 0.3) is 11.8 Å². The summed E-state index contributed by atoms with van der Waals surface area (Å²) in [5.41, 5.74) is 3.41. The van der Waals surface area contributed by atoms with Crippen LogP contribution in [0.15, 0.2) is 97.1 Å². The van der Waals surface area contributed by atoms with E-state index in [1.807, 2.05) is 42.5 Å². The summed E-state index contributed by atoms with van der Waals surface area (Å²) in [5.74, 6) is -0.270. The fourth-order valence-electron chi connectivity index (χ4n) is 4.73. The van der Waals surface area contributed by atoms with Crippen molar-refractivity contribution in [3.05, 3.63) is 114 Å². The van der Waals surface area contributed by atoms with Gasteiger partial charge in [0.2, 0.25) is 0 Å². The second-order valence-electron chi connectivity index (χ2n) is 10.1. The number of amides is 2. The Labute approximate surface area is 240 Å². The molecule has 8 nitrogen and oxygen atoms in total. The number of carbonyl (C=O) groups excluding carboxylic acids is 2. The van der Waals surface area contributed by atoms with Crippen molar-refractivity contribution >= 4 is 28.9 Å². The van der Waals surface area contributed by atoms with Crippen LogP contribution in [0.2, 0.25) is 0 Å². The first-order valence-electron chi connectivity index (χ1n) is 13.7. The highest BCUT2D eigenvalue weighted by atomic mass is 16.5. The number of aromatic hydroxyl groups is 1. The van der Waals surface area contributed by atoms with Crippen LogP contribution >= 0.6 is 0 Å². The van der Waals surface area contributed by atoms with Gasteiger partial charge in [0.1, 0.15) is 23.8 Å². The lowest BCUT2D eigenvalue weighted by Gasteiger charge is -2.23. The van der Waals surface area contributed by atoms with Crippen LogP contribution < -0.4 is 20.3 Å². The van der Waals surface area contributed by atoms with Crippen molar-refractivity contribution in [3.63, 3.8) is 0 Å². The van der Waals surface area contributed by atoms with E-state index in [0.717, 1.165) is 43.9 Å². The van der Waals surface area contributed by atoms with Gasteiger partial charge in [-0.05, 0) is 86.2 Å². The average Bonchev–Trinajstić information content (AvgIpc) is 3.23. The lowest BCUT2D eigenvalue weighted by molar-refractivity contribution is 0.101. The first-order valence-corrected chi connectivity index (χ1v) is 13.7. The van der Waals surface area contributed by atoms with Gasteiger partial charge in [-0.15, -0.1) is 0 Å². The van der Waals surface area contributed by atoms with Crippen LogP contribution in [-0.2, 0) is 6.61 Å². The number of nitrogens with one attached hydrogen (secondary N) is 2. The molecule has 0 aliphatic carbocycles. The number of phenolic OH excluding ortho intramolecular Hbond substituents is 1. The molecular formula is C33H34N4O4. The monoisotopic (exact) mass is 550 g/mol. The van der Waals surface area contributed by atoms with Gasteiger partial charge in [0.15, 0.2) is 0 Å². The molecule has 0 unspecified atom stereocenters. The minimum atomic E-state index is -0.385. The number of rotatable bonds is 8. The second kappa shape index (κ2) is 13.0. The van der Waals surface area contributed by atoms with Crippen LogP contribution in [0, 0.1) is 0 Å². The van der Waals surface area contributed by atoms with Crippen LogP contribution in [0.3, 0.4) is 0 Å². The maximum Gasteiger partial charge on any atom is 0.255 e. The molecule has 4 aromatic rings. The van der Waals surface area contributed by atoms with Crippen molar-refractivity contribution in [1.82, 2.24) is 4.90 Å². The van der Waals surface area contributed by atoms with Gasteiger partial charge in [-0.1, -0.05) is 36.4 Å². The smallest absolute Gasteiger partial charge is 0.255 e. The molecule has 0 saturated carbocycles. The zero-order valence-electron chi connectivity index (χ0n) is 23.0. The van der Waals surface area contributed by atoms with Crippen molar-refractivity contribution in [1.29, 1.82) is 0 Å². The van der Waals surface area contributed by atoms with Crippen LogP contribution in [0.5, 0.6) is 11.5 Å². The number of phenols is 1. The van der Waals surface area contributed by atoms with E-state index in [0.29, 0.717) is 23.5 Å². The number of benzene rings is 4. The van der Waals surface area contributed by atoms with Gasteiger partial charge in [0.05, 0.1) is 5.69 Å². The maximum atomic E-state index is 13.1. The predicted molar refractivity (Wildman–Crippen MR) is 162 cm³/mol. The van der Waals surface area contributed by atoms with Gasteiger partial charge < -0.3 is 30.3 Å². The number of hydrogen-bond donors (Lipinski definition) is 3. The Hall–Kier alpha value is -4.82.